The Morgan fingerprint density at radius 1 is 1.03 bits per heavy atom. The van der Waals surface area contributed by atoms with E-state index in [9.17, 15) is 18.0 Å². The zero-order chi connectivity index (χ0) is 26.2. The van der Waals surface area contributed by atoms with Crippen LogP contribution in [-0.4, -0.2) is 45.3 Å². The van der Waals surface area contributed by atoms with Crippen LogP contribution in [0.3, 0.4) is 0 Å². The van der Waals surface area contributed by atoms with E-state index in [1.807, 2.05) is 36.0 Å². The number of imidazole rings is 1. The smallest absolute Gasteiger partial charge is 0.392 e. The Morgan fingerprint density at radius 3 is 2.22 bits per heavy atom. The Hall–Kier alpha value is -3.82. The Bertz CT molecular complexity index is 1380. The number of benzene rings is 1. The van der Waals surface area contributed by atoms with Gasteiger partial charge < -0.3 is 9.47 Å². The fraction of sp³-hybridized carbons (Fsp3) is 0.346. The van der Waals surface area contributed by atoms with E-state index in [-0.39, 0.29) is 17.1 Å². The van der Waals surface area contributed by atoms with Gasteiger partial charge in [0, 0.05) is 37.0 Å². The first-order valence-corrected chi connectivity index (χ1v) is 11.4. The molecule has 3 heterocycles. The van der Waals surface area contributed by atoms with Crippen LogP contribution >= 0.6 is 0 Å². The normalized spacial score (nSPS) is 12.8. The van der Waals surface area contributed by atoms with Crippen LogP contribution in [0.25, 0.3) is 28.0 Å². The van der Waals surface area contributed by atoms with Crippen molar-refractivity contribution in [2.24, 2.45) is 18.9 Å². The predicted molar refractivity (Wildman–Crippen MR) is 129 cm³/mol. The second kappa shape index (κ2) is 9.67. The van der Waals surface area contributed by atoms with Gasteiger partial charge in [-0.3, -0.25) is 13.9 Å². The molecular formula is C26H27F3N4O3. The van der Waals surface area contributed by atoms with Crippen molar-refractivity contribution in [3.05, 3.63) is 54.6 Å². The maximum absolute atomic E-state index is 13.5. The number of halogens is 3. The van der Waals surface area contributed by atoms with Crippen LogP contribution in [0, 0.1) is 11.8 Å². The molecule has 0 radical (unpaired) electrons. The number of aryl methyl sites for hydroxylation is 1. The molecule has 7 nitrogen and oxygen atoms in total. The third kappa shape index (κ3) is 4.80. The van der Waals surface area contributed by atoms with Gasteiger partial charge in [-0.25, -0.2) is 4.98 Å². The lowest BCUT2D eigenvalue weighted by atomic mass is 9.87. The van der Waals surface area contributed by atoms with Gasteiger partial charge in [0.05, 0.1) is 38.2 Å². The lowest BCUT2D eigenvalue weighted by Crippen LogP contribution is -2.30. The number of pyridine rings is 1. The van der Waals surface area contributed by atoms with Gasteiger partial charge in [0.15, 0.2) is 5.78 Å². The van der Waals surface area contributed by atoms with Gasteiger partial charge in [0.25, 0.3) is 0 Å². The molecular weight excluding hydrogens is 473 g/mol. The molecule has 0 bridgehead atoms. The van der Waals surface area contributed by atoms with Crippen molar-refractivity contribution in [3.63, 3.8) is 0 Å². The molecule has 0 aliphatic heterocycles. The molecule has 0 N–H and O–H groups in total. The van der Waals surface area contributed by atoms with E-state index in [2.05, 4.69) is 10.1 Å². The van der Waals surface area contributed by atoms with E-state index < -0.39 is 30.2 Å². The number of fused-ring (bicyclic) bond motifs is 1. The summed E-state index contributed by atoms with van der Waals surface area (Å²) in [4.78, 5) is 17.6. The number of ether oxygens (including phenoxy) is 2. The van der Waals surface area contributed by atoms with E-state index in [1.54, 1.807) is 29.2 Å². The fourth-order valence-electron chi connectivity index (χ4n) is 4.31. The summed E-state index contributed by atoms with van der Waals surface area (Å²) in [5.41, 5.74) is 3.93. The summed E-state index contributed by atoms with van der Waals surface area (Å²) in [6, 6.07) is 7.10. The Kier molecular flexibility index (Phi) is 6.79. The first-order valence-electron chi connectivity index (χ1n) is 11.4. The molecule has 0 aliphatic rings. The average Bonchev–Trinajstić information content (AvgIpc) is 3.46. The number of Topliss-reactive ketones (excluding diaryl/α,β-unsaturated/α-hetero) is 1. The molecule has 190 valence electrons. The number of hydrogen-bond acceptors (Lipinski definition) is 5. The van der Waals surface area contributed by atoms with Crippen molar-refractivity contribution < 1.29 is 27.4 Å². The quantitative estimate of drug-likeness (QED) is 0.285. The topological polar surface area (TPSA) is 70.7 Å². The van der Waals surface area contributed by atoms with Crippen molar-refractivity contribution >= 4 is 11.4 Å². The number of rotatable bonds is 8. The minimum Gasteiger partial charge on any atom is -0.496 e. The number of methoxy groups -OCH3 is 2. The third-order valence-corrected chi connectivity index (χ3v) is 6.26. The molecule has 4 aromatic rings. The number of carbonyl (C=O) groups excluding carboxylic acids is 1. The van der Waals surface area contributed by atoms with Crippen molar-refractivity contribution in [3.8, 4) is 33.9 Å². The minimum absolute atomic E-state index is 0.00802. The Morgan fingerprint density at radius 2 is 1.69 bits per heavy atom. The first kappa shape index (κ1) is 25.3. The summed E-state index contributed by atoms with van der Waals surface area (Å²) in [5, 5.41) is 4.20. The summed E-state index contributed by atoms with van der Waals surface area (Å²) in [5.74, 6) is -2.93. The van der Waals surface area contributed by atoms with Crippen LogP contribution in [0.2, 0.25) is 0 Å². The number of aromatic nitrogens is 4. The number of alkyl halides is 3. The number of ketones is 1. The van der Waals surface area contributed by atoms with E-state index >= 15 is 0 Å². The van der Waals surface area contributed by atoms with E-state index in [0.717, 1.165) is 11.1 Å². The molecule has 1 unspecified atom stereocenters. The van der Waals surface area contributed by atoms with Crippen LogP contribution in [0.15, 0.2) is 49.1 Å². The van der Waals surface area contributed by atoms with E-state index in [1.165, 1.54) is 28.1 Å². The molecule has 0 amide bonds. The van der Waals surface area contributed by atoms with Crippen LogP contribution < -0.4 is 9.47 Å². The zero-order valence-corrected chi connectivity index (χ0v) is 20.6. The van der Waals surface area contributed by atoms with Gasteiger partial charge in [0.1, 0.15) is 22.7 Å². The number of carbonyl (C=O) groups is 1. The van der Waals surface area contributed by atoms with Crippen LogP contribution in [-0.2, 0) is 7.05 Å². The van der Waals surface area contributed by atoms with Gasteiger partial charge >= 0.3 is 6.18 Å². The monoisotopic (exact) mass is 500 g/mol. The fourth-order valence-corrected chi connectivity index (χ4v) is 4.31. The molecule has 0 spiro atoms. The molecule has 3 aromatic heterocycles. The number of hydrogen-bond donors (Lipinski definition) is 0. The van der Waals surface area contributed by atoms with Gasteiger partial charge in [-0.2, -0.15) is 18.3 Å². The molecule has 1 atom stereocenters. The highest BCUT2D eigenvalue weighted by molar-refractivity contribution is 6.02. The molecule has 0 aliphatic carbocycles. The van der Waals surface area contributed by atoms with E-state index in [0.29, 0.717) is 16.9 Å². The van der Waals surface area contributed by atoms with Gasteiger partial charge in [-0.05, 0) is 35.7 Å². The Balaban J connectivity index is 1.74. The van der Waals surface area contributed by atoms with Gasteiger partial charge in [-0.1, -0.05) is 13.8 Å². The van der Waals surface area contributed by atoms with Crippen LogP contribution in [0.1, 0.15) is 30.6 Å². The first-order chi connectivity index (χ1) is 17.0. The highest BCUT2D eigenvalue weighted by atomic mass is 19.4. The van der Waals surface area contributed by atoms with Crippen molar-refractivity contribution in [1.29, 1.82) is 0 Å². The highest BCUT2D eigenvalue weighted by Gasteiger charge is 2.43. The van der Waals surface area contributed by atoms with Gasteiger partial charge in [0.2, 0.25) is 0 Å². The van der Waals surface area contributed by atoms with Crippen LogP contribution in [0.4, 0.5) is 13.2 Å². The standard InChI is InChI=1S/C26H27F3N4O3/c1-15(2)19(26(27,28)29)11-21(34)25-22(35-4)8-17(9-23(25)36-5)20-13-30-24-10-16(6-7-33(20)24)18-12-31-32(3)14-18/h6-10,12-15,19H,11H2,1-5H3. The van der Waals surface area contributed by atoms with Crippen molar-refractivity contribution in [2.45, 2.75) is 26.4 Å². The second-order valence-corrected chi connectivity index (χ2v) is 8.96. The third-order valence-electron chi connectivity index (χ3n) is 6.26. The lowest BCUT2D eigenvalue weighted by Gasteiger charge is -2.24. The summed E-state index contributed by atoms with van der Waals surface area (Å²) in [7, 11) is 4.58. The largest absolute Gasteiger partial charge is 0.496 e. The van der Waals surface area contributed by atoms with E-state index in [4.69, 9.17) is 9.47 Å². The molecule has 0 fully saturated rings. The maximum Gasteiger partial charge on any atom is 0.392 e. The predicted octanol–water partition coefficient (Wildman–Crippen LogP) is 5.83. The molecule has 36 heavy (non-hydrogen) atoms. The molecule has 0 saturated carbocycles. The summed E-state index contributed by atoms with van der Waals surface area (Å²) in [6.45, 7) is 2.90. The van der Waals surface area contributed by atoms with Crippen molar-refractivity contribution in [1.82, 2.24) is 19.2 Å². The van der Waals surface area contributed by atoms with Crippen molar-refractivity contribution in [2.75, 3.05) is 14.2 Å². The molecule has 0 saturated heterocycles. The highest BCUT2D eigenvalue weighted by Crippen LogP contribution is 2.40. The van der Waals surface area contributed by atoms with Gasteiger partial charge in [-0.15, -0.1) is 0 Å². The summed E-state index contributed by atoms with van der Waals surface area (Å²) < 4.78 is 55.0. The maximum atomic E-state index is 13.5. The minimum atomic E-state index is -4.49. The SMILES string of the molecule is COc1cc(-c2cnc3cc(-c4cnn(C)c4)ccn23)cc(OC)c1C(=O)CC(C(C)C)C(F)(F)F. The summed E-state index contributed by atoms with van der Waals surface area (Å²) in [6.07, 6.45) is 2.04. The Labute approximate surface area is 206 Å². The average molecular weight is 501 g/mol. The summed E-state index contributed by atoms with van der Waals surface area (Å²) >= 11 is 0. The lowest BCUT2D eigenvalue weighted by molar-refractivity contribution is -0.184. The molecule has 4 rings (SSSR count). The van der Waals surface area contributed by atoms with Crippen LogP contribution in [0.5, 0.6) is 11.5 Å². The molecule has 10 heteroatoms. The number of nitrogens with zero attached hydrogens (tertiary/aromatic N) is 4. The zero-order valence-electron chi connectivity index (χ0n) is 20.6. The second-order valence-electron chi connectivity index (χ2n) is 8.96. The molecule has 1 aromatic carbocycles.